The van der Waals surface area contributed by atoms with Gasteiger partial charge in [0.25, 0.3) is 0 Å². The predicted octanol–water partition coefficient (Wildman–Crippen LogP) is 23.6. The maximum Gasteiger partial charge on any atom is 0.472 e. The van der Waals surface area contributed by atoms with Gasteiger partial charge in [-0.05, 0) is 77.0 Å². The maximum absolute atomic E-state index is 12.9. The molecule has 0 aromatic heterocycles. The summed E-state index contributed by atoms with van der Waals surface area (Å²) in [6.45, 7) is 4.48. The van der Waals surface area contributed by atoms with Gasteiger partial charge in [0.1, 0.15) is 19.8 Å². The minimum atomic E-state index is -4.39. The van der Waals surface area contributed by atoms with Crippen LogP contribution in [0.4, 0.5) is 0 Å². The third-order valence-electron chi connectivity index (χ3n) is 16.3. The maximum atomic E-state index is 12.9. The molecule has 0 saturated heterocycles. The van der Waals surface area contributed by atoms with Crippen LogP contribution < -0.4 is 0 Å². The highest BCUT2D eigenvalue weighted by molar-refractivity contribution is 7.47. The number of nitrogens with zero attached hydrogens (tertiary/aromatic N) is 1. The summed E-state index contributed by atoms with van der Waals surface area (Å²) in [6, 6.07) is 0. The number of allylic oxidation sites excluding steroid dienone is 8. The molecule has 0 aliphatic carbocycles. The highest BCUT2D eigenvalue weighted by Gasteiger charge is 2.27. The SMILES string of the molecule is CCCCCCC/C=C\C/C=C\C/C=C\CCCCCCCCCCCCCCC(=O)OC(COC(=O)CCCCCCCCCCCCCCCCCCCCCCC/C=C\CCCCCCCCCC)COP(=O)(O)OCC[N+](C)(C)C. The van der Waals surface area contributed by atoms with Crippen LogP contribution in [-0.2, 0) is 32.7 Å². The minimum absolute atomic E-state index is 0.0325. The fraction of sp³-hybridized carbons (Fsp3) is 0.865. The number of unbranched alkanes of at least 4 members (excludes halogenated alkanes) is 46. The number of ether oxygens (including phenoxy) is 2. The van der Waals surface area contributed by atoms with Gasteiger partial charge in [0.05, 0.1) is 27.7 Å². The second kappa shape index (κ2) is 65.4. The van der Waals surface area contributed by atoms with Crippen molar-refractivity contribution in [3.63, 3.8) is 0 Å². The molecule has 1 N–H and O–H groups in total. The molecule has 0 aromatic rings. The monoisotopic (exact) mass is 1200 g/mol. The third kappa shape index (κ3) is 69.1. The topological polar surface area (TPSA) is 108 Å². The van der Waals surface area contributed by atoms with Gasteiger partial charge in [-0.3, -0.25) is 18.6 Å². The second-order valence-electron chi connectivity index (χ2n) is 26.0. The Hall–Kier alpha value is -2.03. The van der Waals surface area contributed by atoms with Crippen molar-refractivity contribution < 1.29 is 42.1 Å². The van der Waals surface area contributed by atoms with E-state index in [4.69, 9.17) is 18.5 Å². The number of hydrogen-bond acceptors (Lipinski definition) is 7. The van der Waals surface area contributed by atoms with E-state index in [0.717, 1.165) is 51.4 Å². The molecule has 0 amide bonds. The van der Waals surface area contributed by atoms with Crippen LogP contribution in [0.15, 0.2) is 48.6 Å². The van der Waals surface area contributed by atoms with Gasteiger partial charge in [0.15, 0.2) is 6.10 Å². The molecule has 2 atom stereocenters. The van der Waals surface area contributed by atoms with Crippen LogP contribution in [-0.4, -0.2) is 74.9 Å². The molecule has 0 aliphatic rings. The van der Waals surface area contributed by atoms with Crippen molar-refractivity contribution in [1.29, 1.82) is 0 Å². The number of carbonyl (C=O) groups excluding carboxylic acids is 2. The molecule has 9 nitrogen and oxygen atoms in total. The standard InChI is InChI=1S/C74H140NO8P/c1-6-8-10-12-14-16-18-20-22-24-26-28-30-32-34-35-36-37-38-39-41-42-44-46-48-50-52-54-56-58-60-62-64-66-73(76)80-70-72(71-82-84(78,79)81-69-68-75(3,4)5)83-74(77)67-65-63-61-59-57-55-53-51-49-47-45-43-40-33-31-29-27-25-23-21-19-17-15-13-11-9-7-2/h19,21,24-27,31,33,72H,6-18,20,22-23,28-30,32,34-71H2,1-5H3/p+1/b21-19-,26-24-,27-25-,33-31-. The smallest absolute Gasteiger partial charge is 0.462 e. The lowest BCUT2D eigenvalue weighted by molar-refractivity contribution is -0.870. The van der Waals surface area contributed by atoms with Crippen LogP contribution in [0, 0.1) is 0 Å². The summed E-state index contributed by atoms with van der Waals surface area (Å²) in [6.07, 6.45) is 85.1. The second-order valence-corrected chi connectivity index (χ2v) is 27.4. The van der Waals surface area contributed by atoms with Crippen molar-refractivity contribution >= 4 is 19.8 Å². The van der Waals surface area contributed by atoms with Crippen LogP contribution in [0.3, 0.4) is 0 Å². The first kappa shape index (κ1) is 82.0. The summed E-state index contributed by atoms with van der Waals surface area (Å²) in [5, 5.41) is 0. The van der Waals surface area contributed by atoms with Crippen LogP contribution in [0.1, 0.15) is 361 Å². The summed E-state index contributed by atoms with van der Waals surface area (Å²) in [5.74, 6) is -0.782. The number of hydrogen-bond donors (Lipinski definition) is 1. The number of likely N-dealkylation sites (N-methyl/N-ethyl adjacent to an activating group) is 1. The molecule has 0 saturated carbocycles. The van der Waals surface area contributed by atoms with E-state index in [0.29, 0.717) is 23.9 Å². The molecule has 0 rings (SSSR count). The molecule has 0 fully saturated rings. The number of quaternary nitrogens is 1. The Morgan fingerprint density at radius 1 is 0.369 bits per heavy atom. The Kier molecular flexibility index (Phi) is 63.8. The van der Waals surface area contributed by atoms with Crippen molar-refractivity contribution in [2.24, 2.45) is 0 Å². The van der Waals surface area contributed by atoms with Gasteiger partial charge in [0.2, 0.25) is 0 Å². The Bertz CT molecular complexity index is 1560. The fourth-order valence-electron chi connectivity index (χ4n) is 10.7. The van der Waals surface area contributed by atoms with Gasteiger partial charge in [-0.25, -0.2) is 4.57 Å². The fourth-order valence-corrected chi connectivity index (χ4v) is 11.5. The van der Waals surface area contributed by atoms with Gasteiger partial charge >= 0.3 is 19.8 Å². The van der Waals surface area contributed by atoms with Gasteiger partial charge in [-0.2, -0.15) is 0 Å². The molecule has 10 heteroatoms. The zero-order valence-corrected chi connectivity index (χ0v) is 57.3. The molecule has 494 valence electrons. The lowest BCUT2D eigenvalue weighted by Gasteiger charge is -2.24. The quantitative estimate of drug-likeness (QED) is 0.0211. The normalized spacial score (nSPS) is 13.4. The molecule has 0 spiro atoms. The Balaban J connectivity index is 3.98. The van der Waals surface area contributed by atoms with E-state index in [2.05, 4.69) is 62.5 Å². The number of carbonyl (C=O) groups is 2. The van der Waals surface area contributed by atoms with E-state index in [-0.39, 0.29) is 25.6 Å². The van der Waals surface area contributed by atoms with Gasteiger partial charge in [0, 0.05) is 12.8 Å². The Labute approximate surface area is 522 Å². The third-order valence-corrected chi connectivity index (χ3v) is 17.3. The van der Waals surface area contributed by atoms with Crippen molar-refractivity contribution in [3.8, 4) is 0 Å². The lowest BCUT2D eigenvalue weighted by Crippen LogP contribution is -2.37. The molecular formula is C74H141NO8P+. The zero-order valence-electron chi connectivity index (χ0n) is 56.4. The van der Waals surface area contributed by atoms with Crippen molar-refractivity contribution in [2.75, 3.05) is 47.5 Å². The molecule has 0 heterocycles. The van der Waals surface area contributed by atoms with Gasteiger partial charge in [-0.15, -0.1) is 0 Å². The van der Waals surface area contributed by atoms with Crippen molar-refractivity contribution in [2.45, 2.75) is 367 Å². The zero-order chi connectivity index (χ0) is 61.2. The van der Waals surface area contributed by atoms with Crippen molar-refractivity contribution in [3.05, 3.63) is 48.6 Å². The Morgan fingerprint density at radius 2 is 0.643 bits per heavy atom. The average molecular weight is 1200 g/mol. The Morgan fingerprint density at radius 3 is 0.964 bits per heavy atom. The molecule has 0 radical (unpaired) electrons. The van der Waals surface area contributed by atoms with E-state index in [1.54, 1.807) is 0 Å². The minimum Gasteiger partial charge on any atom is -0.462 e. The first-order valence-electron chi connectivity index (χ1n) is 36.4. The lowest BCUT2D eigenvalue weighted by atomic mass is 10.0. The summed E-state index contributed by atoms with van der Waals surface area (Å²) < 4.78 is 34.8. The highest BCUT2D eigenvalue weighted by Crippen LogP contribution is 2.43. The largest absolute Gasteiger partial charge is 0.472 e. The van der Waals surface area contributed by atoms with Crippen LogP contribution in [0.25, 0.3) is 0 Å². The van der Waals surface area contributed by atoms with E-state index < -0.39 is 26.5 Å². The molecular weight excluding hydrogens is 1060 g/mol. The molecule has 0 bridgehead atoms. The van der Waals surface area contributed by atoms with Gasteiger partial charge in [-0.1, -0.05) is 319 Å². The highest BCUT2D eigenvalue weighted by atomic mass is 31.2. The van der Waals surface area contributed by atoms with E-state index in [1.165, 1.54) is 276 Å². The number of phosphoric ester groups is 1. The molecule has 0 aliphatic heterocycles. The molecule has 2 unspecified atom stereocenters. The number of phosphoric acid groups is 1. The molecule has 84 heavy (non-hydrogen) atoms. The summed E-state index contributed by atoms with van der Waals surface area (Å²) >= 11 is 0. The summed E-state index contributed by atoms with van der Waals surface area (Å²) in [7, 11) is 1.49. The van der Waals surface area contributed by atoms with Crippen LogP contribution in [0.5, 0.6) is 0 Å². The number of rotatable bonds is 68. The molecule has 0 aromatic carbocycles. The first-order valence-corrected chi connectivity index (χ1v) is 37.9. The summed E-state index contributed by atoms with van der Waals surface area (Å²) in [5.41, 5.74) is 0. The number of esters is 2. The van der Waals surface area contributed by atoms with Gasteiger partial charge < -0.3 is 18.9 Å². The van der Waals surface area contributed by atoms with E-state index in [1.807, 2.05) is 21.1 Å². The van der Waals surface area contributed by atoms with Crippen LogP contribution >= 0.6 is 7.82 Å². The first-order chi connectivity index (χ1) is 41.0. The average Bonchev–Trinajstić information content (AvgIpc) is 3.61. The van der Waals surface area contributed by atoms with Crippen molar-refractivity contribution in [1.82, 2.24) is 0 Å². The van der Waals surface area contributed by atoms with Crippen LogP contribution in [0.2, 0.25) is 0 Å². The predicted molar refractivity (Wildman–Crippen MR) is 363 cm³/mol. The summed E-state index contributed by atoms with van der Waals surface area (Å²) in [4.78, 5) is 35.9. The van der Waals surface area contributed by atoms with E-state index >= 15 is 0 Å². The van der Waals surface area contributed by atoms with E-state index in [9.17, 15) is 19.0 Å².